The lowest BCUT2D eigenvalue weighted by molar-refractivity contribution is -0.148. The normalized spacial score (nSPS) is 13.3. The second-order valence-electron chi connectivity index (χ2n) is 10.4. The van der Waals surface area contributed by atoms with Crippen LogP contribution in [0.5, 0.6) is 0 Å². The van der Waals surface area contributed by atoms with Gasteiger partial charge in [-0.25, -0.2) is 9.59 Å². The van der Waals surface area contributed by atoms with Gasteiger partial charge in [-0.3, -0.25) is 9.59 Å². The summed E-state index contributed by atoms with van der Waals surface area (Å²) in [5.41, 5.74) is 0.435. The summed E-state index contributed by atoms with van der Waals surface area (Å²) in [6.45, 7) is 5.98. The van der Waals surface area contributed by atoms with Gasteiger partial charge in [-0.15, -0.1) is 0 Å². The highest BCUT2D eigenvalue weighted by atomic mass is 16.4. The molecule has 2 atom stereocenters. The maximum absolute atomic E-state index is 13.2. The van der Waals surface area contributed by atoms with E-state index in [-0.39, 0.29) is 25.3 Å². The first-order chi connectivity index (χ1) is 18.9. The smallest absolute Gasteiger partial charge is 0.326 e. The van der Waals surface area contributed by atoms with Gasteiger partial charge in [-0.2, -0.15) is 0 Å². The molecule has 9 heteroatoms. The quantitative estimate of drug-likeness (QED) is 0.253. The number of rotatable bonds is 12. The van der Waals surface area contributed by atoms with E-state index in [1.165, 1.54) is 6.92 Å². The van der Waals surface area contributed by atoms with Crippen molar-refractivity contribution in [2.24, 2.45) is 5.92 Å². The number of benzene rings is 3. The maximum atomic E-state index is 13.2. The molecule has 0 aromatic heterocycles. The van der Waals surface area contributed by atoms with Gasteiger partial charge in [0.1, 0.15) is 6.04 Å². The van der Waals surface area contributed by atoms with Crippen molar-refractivity contribution >= 4 is 34.5 Å². The van der Waals surface area contributed by atoms with Gasteiger partial charge in [0.25, 0.3) is 0 Å². The molecular weight excluding hydrogens is 510 g/mol. The van der Waals surface area contributed by atoms with E-state index >= 15 is 0 Å². The Kier molecular flexibility index (Phi) is 10.0. The van der Waals surface area contributed by atoms with Crippen LogP contribution in [-0.2, 0) is 20.8 Å². The summed E-state index contributed by atoms with van der Waals surface area (Å²) in [6.07, 6.45) is -0.0423. The molecule has 0 heterocycles. The molecule has 212 valence electrons. The summed E-state index contributed by atoms with van der Waals surface area (Å²) < 4.78 is 0. The second kappa shape index (κ2) is 13.2. The molecule has 9 nitrogen and oxygen atoms in total. The van der Waals surface area contributed by atoms with Crippen molar-refractivity contribution < 1.29 is 29.4 Å². The first-order valence-electron chi connectivity index (χ1n) is 13.3. The minimum atomic E-state index is -2.29. The number of nitrogens with zero attached hydrogens (tertiary/aromatic N) is 1. The molecule has 1 unspecified atom stereocenters. The summed E-state index contributed by atoms with van der Waals surface area (Å²) in [5, 5.41) is 27.8. The standard InChI is InChI=1S/C31H37N3O6/c1-5-28(36)31(40,33-21(4)35)19-34(18-20(2)3)30(39)32-27(29(37)38)16-22-10-12-24(13-11-22)26-15-14-23-8-6-7-9-25(23)17-26/h6-15,17,20,27,40H,5,16,18-19H2,1-4H3,(H,32,39)(H,33,35)(H,37,38)/t27-,31?/m0/s1. The van der Waals surface area contributed by atoms with Gasteiger partial charge in [-0.05, 0) is 39.4 Å². The lowest BCUT2D eigenvalue weighted by atomic mass is 9.98. The molecular formula is C31H37N3O6. The van der Waals surface area contributed by atoms with Crippen LogP contribution in [0.25, 0.3) is 21.9 Å². The Labute approximate surface area is 234 Å². The number of hydrogen-bond acceptors (Lipinski definition) is 5. The molecule has 0 saturated heterocycles. The van der Waals surface area contributed by atoms with Crippen LogP contribution < -0.4 is 10.6 Å². The Morgan fingerprint density at radius 1 is 0.925 bits per heavy atom. The van der Waals surface area contributed by atoms with Crippen LogP contribution in [0.2, 0.25) is 0 Å². The van der Waals surface area contributed by atoms with E-state index in [0.29, 0.717) is 5.56 Å². The fourth-order valence-corrected chi connectivity index (χ4v) is 4.60. The zero-order chi connectivity index (χ0) is 29.4. The largest absolute Gasteiger partial charge is 0.480 e. The molecule has 3 aromatic rings. The molecule has 0 radical (unpaired) electrons. The van der Waals surface area contributed by atoms with E-state index in [4.69, 9.17) is 0 Å². The Morgan fingerprint density at radius 2 is 1.55 bits per heavy atom. The molecule has 0 spiro atoms. The topological polar surface area (TPSA) is 136 Å². The van der Waals surface area contributed by atoms with Crippen LogP contribution >= 0.6 is 0 Å². The van der Waals surface area contributed by atoms with Gasteiger partial charge in [0, 0.05) is 26.3 Å². The molecule has 40 heavy (non-hydrogen) atoms. The fourth-order valence-electron chi connectivity index (χ4n) is 4.60. The maximum Gasteiger partial charge on any atom is 0.326 e. The number of amides is 3. The molecule has 0 aliphatic rings. The minimum absolute atomic E-state index is 0.0262. The zero-order valence-corrected chi connectivity index (χ0v) is 23.3. The highest BCUT2D eigenvalue weighted by Gasteiger charge is 2.39. The van der Waals surface area contributed by atoms with Crippen LogP contribution in [0.3, 0.4) is 0 Å². The summed E-state index contributed by atoms with van der Waals surface area (Å²) in [7, 11) is 0. The van der Waals surface area contributed by atoms with E-state index in [1.807, 2.05) is 68.4 Å². The van der Waals surface area contributed by atoms with Crippen molar-refractivity contribution in [1.82, 2.24) is 15.5 Å². The van der Waals surface area contributed by atoms with Gasteiger partial charge >= 0.3 is 12.0 Å². The molecule has 4 N–H and O–H groups in total. The van der Waals surface area contributed by atoms with Crippen molar-refractivity contribution in [3.8, 4) is 11.1 Å². The van der Waals surface area contributed by atoms with E-state index in [2.05, 4.69) is 22.8 Å². The number of aliphatic carboxylic acids is 1. The Bertz CT molecular complexity index is 1370. The van der Waals surface area contributed by atoms with Gasteiger partial charge in [-0.1, -0.05) is 81.4 Å². The lowest BCUT2D eigenvalue weighted by Crippen LogP contribution is -2.63. The molecule has 0 bridgehead atoms. The van der Waals surface area contributed by atoms with E-state index in [1.54, 1.807) is 0 Å². The first-order valence-corrected chi connectivity index (χ1v) is 13.3. The van der Waals surface area contributed by atoms with Gasteiger partial charge in [0.15, 0.2) is 5.78 Å². The second-order valence-corrected chi connectivity index (χ2v) is 10.4. The van der Waals surface area contributed by atoms with E-state index in [9.17, 15) is 29.4 Å². The van der Waals surface area contributed by atoms with Crippen LogP contribution in [0.4, 0.5) is 4.79 Å². The van der Waals surface area contributed by atoms with Gasteiger partial charge < -0.3 is 25.7 Å². The summed E-state index contributed by atoms with van der Waals surface area (Å²) >= 11 is 0. The predicted molar refractivity (Wildman–Crippen MR) is 154 cm³/mol. The Balaban J connectivity index is 1.76. The van der Waals surface area contributed by atoms with E-state index in [0.717, 1.165) is 33.7 Å². The highest BCUT2D eigenvalue weighted by molar-refractivity contribution is 5.92. The van der Waals surface area contributed by atoms with Gasteiger partial charge in [0.2, 0.25) is 11.6 Å². The van der Waals surface area contributed by atoms with Crippen molar-refractivity contribution in [2.45, 2.75) is 52.3 Å². The Hall–Kier alpha value is -4.24. The summed E-state index contributed by atoms with van der Waals surface area (Å²) in [4.78, 5) is 50.6. The number of nitrogens with one attached hydrogen (secondary N) is 2. The number of Topliss-reactive ketones (excluding diaryl/α,β-unsaturated/α-hetero) is 1. The highest BCUT2D eigenvalue weighted by Crippen LogP contribution is 2.25. The number of fused-ring (bicyclic) bond motifs is 1. The average molecular weight is 548 g/mol. The number of ketones is 1. The number of carbonyl (C=O) groups is 4. The third kappa shape index (κ3) is 7.89. The third-order valence-corrected chi connectivity index (χ3v) is 6.53. The molecule has 0 saturated carbocycles. The number of carboxylic acid groups (broad SMARTS) is 1. The average Bonchev–Trinajstić information content (AvgIpc) is 2.91. The van der Waals surface area contributed by atoms with Gasteiger partial charge in [0.05, 0.1) is 6.54 Å². The van der Waals surface area contributed by atoms with Crippen molar-refractivity contribution in [2.75, 3.05) is 13.1 Å². The minimum Gasteiger partial charge on any atom is -0.480 e. The lowest BCUT2D eigenvalue weighted by Gasteiger charge is -2.34. The van der Waals surface area contributed by atoms with E-state index < -0.39 is 42.0 Å². The first kappa shape index (κ1) is 30.3. The van der Waals surface area contributed by atoms with Crippen LogP contribution in [0.15, 0.2) is 66.7 Å². The van der Waals surface area contributed by atoms with Crippen molar-refractivity contribution in [3.63, 3.8) is 0 Å². The summed E-state index contributed by atoms with van der Waals surface area (Å²) in [6, 6.07) is 19.7. The number of hydrogen-bond donors (Lipinski definition) is 4. The number of urea groups is 1. The van der Waals surface area contributed by atoms with Crippen LogP contribution in [0, 0.1) is 5.92 Å². The third-order valence-electron chi connectivity index (χ3n) is 6.53. The number of carboxylic acids is 1. The van der Waals surface area contributed by atoms with Crippen LogP contribution in [-0.4, -0.2) is 63.7 Å². The molecule has 3 aromatic carbocycles. The summed E-state index contributed by atoms with van der Waals surface area (Å²) in [5.74, 6) is -2.58. The van der Waals surface area contributed by atoms with Crippen molar-refractivity contribution in [1.29, 1.82) is 0 Å². The number of carbonyl (C=O) groups excluding carboxylic acids is 3. The fraction of sp³-hybridized carbons (Fsp3) is 0.355. The Morgan fingerprint density at radius 3 is 2.12 bits per heavy atom. The zero-order valence-electron chi connectivity index (χ0n) is 23.3. The molecule has 0 fully saturated rings. The monoisotopic (exact) mass is 547 g/mol. The predicted octanol–water partition coefficient (Wildman–Crippen LogP) is 3.97. The molecule has 3 amide bonds. The van der Waals surface area contributed by atoms with Crippen molar-refractivity contribution in [3.05, 3.63) is 72.3 Å². The number of aliphatic hydroxyl groups is 1. The SMILES string of the molecule is CCC(=O)C(O)(CN(CC(C)C)C(=O)N[C@@H](Cc1ccc(-c2ccc3ccccc3c2)cc1)C(=O)O)NC(C)=O. The molecule has 3 rings (SSSR count). The van der Waals surface area contributed by atoms with Crippen LogP contribution in [0.1, 0.15) is 39.7 Å². The molecule has 0 aliphatic heterocycles. The molecule has 0 aliphatic carbocycles.